The minimum Gasteiger partial charge on any atom is -0.454 e. The predicted octanol–water partition coefficient (Wildman–Crippen LogP) is 3.03. The lowest BCUT2D eigenvalue weighted by Crippen LogP contribution is -2.07. The standard InChI is InChI=1S/C16H13NO3/c1-8-3-9(2)15-10-5-13-14(20-7-19-13)6-11(10)16(18)17-12(15)4-8/h3-6H,7H2,1-2H3,(H,17,18). The zero-order chi connectivity index (χ0) is 13.9. The first-order valence-electron chi connectivity index (χ1n) is 6.50. The average molecular weight is 267 g/mol. The zero-order valence-electron chi connectivity index (χ0n) is 11.2. The minimum absolute atomic E-state index is 0.101. The van der Waals surface area contributed by atoms with Crippen LogP contribution in [0.4, 0.5) is 0 Å². The molecule has 0 fully saturated rings. The summed E-state index contributed by atoms with van der Waals surface area (Å²) in [5.41, 5.74) is 3.03. The monoisotopic (exact) mass is 267 g/mol. The number of benzene rings is 2. The fourth-order valence-corrected chi connectivity index (χ4v) is 2.95. The van der Waals surface area contributed by atoms with E-state index < -0.39 is 0 Å². The van der Waals surface area contributed by atoms with Crippen molar-refractivity contribution in [2.45, 2.75) is 13.8 Å². The fourth-order valence-electron chi connectivity index (χ4n) is 2.95. The van der Waals surface area contributed by atoms with Crippen LogP contribution in [0.5, 0.6) is 11.5 Å². The number of nitrogens with one attached hydrogen (secondary N) is 1. The van der Waals surface area contributed by atoms with E-state index in [1.165, 1.54) is 0 Å². The second kappa shape index (κ2) is 3.76. The van der Waals surface area contributed by atoms with Gasteiger partial charge in [0.25, 0.3) is 5.56 Å². The third kappa shape index (κ3) is 1.45. The highest BCUT2D eigenvalue weighted by Crippen LogP contribution is 2.37. The van der Waals surface area contributed by atoms with Gasteiger partial charge in [-0.15, -0.1) is 0 Å². The van der Waals surface area contributed by atoms with Crippen LogP contribution >= 0.6 is 0 Å². The molecule has 1 aromatic heterocycles. The molecule has 3 aromatic rings. The first kappa shape index (κ1) is 11.3. The van der Waals surface area contributed by atoms with Gasteiger partial charge in [-0.1, -0.05) is 6.07 Å². The molecule has 0 spiro atoms. The average Bonchev–Trinajstić information content (AvgIpc) is 2.83. The number of aryl methyl sites for hydroxylation is 2. The Hall–Kier alpha value is -2.49. The number of hydrogen-bond acceptors (Lipinski definition) is 3. The lowest BCUT2D eigenvalue weighted by Gasteiger charge is -2.09. The third-order valence-electron chi connectivity index (χ3n) is 3.75. The van der Waals surface area contributed by atoms with Crippen LogP contribution in [0.3, 0.4) is 0 Å². The van der Waals surface area contributed by atoms with Gasteiger partial charge in [0, 0.05) is 16.3 Å². The molecule has 0 amide bonds. The number of aromatic nitrogens is 1. The zero-order valence-corrected chi connectivity index (χ0v) is 11.2. The Kier molecular flexibility index (Phi) is 2.13. The Bertz CT molecular complexity index is 925. The summed E-state index contributed by atoms with van der Waals surface area (Å²) in [5.74, 6) is 1.33. The second-order valence-corrected chi connectivity index (χ2v) is 5.21. The number of aromatic amines is 1. The molecular weight excluding hydrogens is 254 g/mol. The Balaban J connectivity index is 2.26. The normalized spacial score (nSPS) is 13.3. The van der Waals surface area contributed by atoms with Gasteiger partial charge in [-0.2, -0.15) is 0 Å². The summed E-state index contributed by atoms with van der Waals surface area (Å²) in [5, 5.41) is 2.60. The predicted molar refractivity (Wildman–Crippen MR) is 77.7 cm³/mol. The van der Waals surface area contributed by atoms with Crippen molar-refractivity contribution in [3.8, 4) is 11.5 Å². The van der Waals surface area contributed by atoms with E-state index in [1.54, 1.807) is 6.07 Å². The van der Waals surface area contributed by atoms with Crippen LogP contribution in [0.25, 0.3) is 21.7 Å². The van der Waals surface area contributed by atoms with Crippen molar-refractivity contribution >= 4 is 21.7 Å². The molecule has 20 heavy (non-hydrogen) atoms. The van der Waals surface area contributed by atoms with E-state index in [4.69, 9.17) is 9.47 Å². The maximum Gasteiger partial charge on any atom is 0.256 e. The molecule has 0 atom stereocenters. The molecule has 1 N–H and O–H groups in total. The molecule has 1 aliphatic heterocycles. The van der Waals surface area contributed by atoms with E-state index in [2.05, 4.69) is 18.0 Å². The van der Waals surface area contributed by atoms with Crippen molar-refractivity contribution < 1.29 is 9.47 Å². The number of H-pyrrole nitrogens is 1. The van der Waals surface area contributed by atoms with E-state index in [1.807, 2.05) is 19.1 Å². The lowest BCUT2D eigenvalue weighted by atomic mass is 10.00. The molecule has 0 saturated carbocycles. The highest BCUT2D eigenvalue weighted by Gasteiger charge is 2.17. The first-order chi connectivity index (χ1) is 9.63. The van der Waals surface area contributed by atoms with Crippen molar-refractivity contribution in [3.63, 3.8) is 0 Å². The molecule has 0 aliphatic carbocycles. The molecule has 4 heteroatoms. The van der Waals surface area contributed by atoms with E-state index >= 15 is 0 Å². The summed E-state index contributed by atoms with van der Waals surface area (Å²) in [6, 6.07) is 7.77. The fraction of sp³-hybridized carbons (Fsp3) is 0.188. The summed E-state index contributed by atoms with van der Waals surface area (Å²) in [7, 11) is 0. The third-order valence-corrected chi connectivity index (χ3v) is 3.75. The van der Waals surface area contributed by atoms with Crippen LogP contribution in [0, 0.1) is 13.8 Å². The van der Waals surface area contributed by atoms with Crippen molar-refractivity contribution in [3.05, 3.63) is 45.7 Å². The molecule has 0 radical (unpaired) electrons. The lowest BCUT2D eigenvalue weighted by molar-refractivity contribution is 0.174. The van der Waals surface area contributed by atoms with Gasteiger partial charge in [0.1, 0.15) is 0 Å². The van der Waals surface area contributed by atoms with Crippen molar-refractivity contribution in [2.24, 2.45) is 0 Å². The van der Waals surface area contributed by atoms with Crippen LogP contribution in [0.1, 0.15) is 11.1 Å². The Morgan fingerprint density at radius 2 is 1.70 bits per heavy atom. The maximum atomic E-state index is 12.3. The summed E-state index contributed by atoms with van der Waals surface area (Å²) in [6.45, 7) is 4.28. The van der Waals surface area contributed by atoms with Crippen LogP contribution in [0.15, 0.2) is 29.1 Å². The molecule has 4 rings (SSSR count). The number of ether oxygens (including phenoxy) is 2. The van der Waals surface area contributed by atoms with E-state index in [0.29, 0.717) is 16.9 Å². The van der Waals surface area contributed by atoms with Gasteiger partial charge < -0.3 is 14.5 Å². The van der Waals surface area contributed by atoms with Crippen LogP contribution in [-0.2, 0) is 0 Å². The van der Waals surface area contributed by atoms with Gasteiger partial charge in [-0.25, -0.2) is 0 Å². The van der Waals surface area contributed by atoms with Crippen molar-refractivity contribution in [2.75, 3.05) is 6.79 Å². The number of rotatable bonds is 0. The van der Waals surface area contributed by atoms with Crippen LogP contribution in [0.2, 0.25) is 0 Å². The molecular formula is C16H13NO3. The summed E-state index contributed by atoms with van der Waals surface area (Å²) in [6.07, 6.45) is 0. The van der Waals surface area contributed by atoms with Crippen molar-refractivity contribution in [1.29, 1.82) is 0 Å². The largest absolute Gasteiger partial charge is 0.454 e. The maximum absolute atomic E-state index is 12.3. The summed E-state index contributed by atoms with van der Waals surface area (Å²) in [4.78, 5) is 15.2. The summed E-state index contributed by atoms with van der Waals surface area (Å²) >= 11 is 0. The SMILES string of the molecule is Cc1cc(C)c2c(c1)[nH]c(=O)c1cc3c(cc12)OCO3. The highest BCUT2D eigenvalue weighted by atomic mass is 16.7. The topological polar surface area (TPSA) is 51.3 Å². The molecule has 0 unspecified atom stereocenters. The first-order valence-corrected chi connectivity index (χ1v) is 6.50. The van der Waals surface area contributed by atoms with E-state index in [9.17, 15) is 4.79 Å². The molecule has 0 saturated heterocycles. The van der Waals surface area contributed by atoms with Crippen LogP contribution in [-0.4, -0.2) is 11.8 Å². The van der Waals surface area contributed by atoms with Crippen LogP contribution < -0.4 is 15.0 Å². The molecule has 2 aromatic carbocycles. The molecule has 2 heterocycles. The van der Waals surface area contributed by atoms with Gasteiger partial charge >= 0.3 is 0 Å². The Labute approximate surface area is 114 Å². The number of fused-ring (bicyclic) bond motifs is 4. The molecule has 100 valence electrons. The van der Waals surface area contributed by atoms with E-state index in [-0.39, 0.29) is 12.4 Å². The number of pyridine rings is 1. The van der Waals surface area contributed by atoms with Gasteiger partial charge in [0.15, 0.2) is 11.5 Å². The van der Waals surface area contributed by atoms with Gasteiger partial charge in [0.2, 0.25) is 6.79 Å². The minimum atomic E-state index is -0.101. The van der Waals surface area contributed by atoms with Gasteiger partial charge in [-0.05, 0) is 43.2 Å². The molecule has 1 aliphatic rings. The second-order valence-electron chi connectivity index (χ2n) is 5.21. The molecule has 4 nitrogen and oxygen atoms in total. The van der Waals surface area contributed by atoms with Gasteiger partial charge in [-0.3, -0.25) is 4.79 Å². The highest BCUT2D eigenvalue weighted by molar-refractivity contribution is 6.08. The summed E-state index contributed by atoms with van der Waals surface area (Å²) < 4.78 is 10.8. The smallest absolute Gasteiger partial charge is 0.256 e. The Morgan fingerprint density at radius 1 is 1.00 bits per heavy atom. The Morgan fingerprint density at radius 3 is 2.45 bits per heavy atom. The van der Waals surface area contributed by atoms with Gasteiger partial charge in [0.05, 0.1) is 5.39 Å². The van der Waals surface area contributed by atoms with Crippen molar-refractivity contribution in [1.82, 2.24) is 4.98 Å². The van der Waals surface area contributed by atoms with E-state index in [0.717, 1.165) is 27.4 Å². The molecule has 0 bridgehead atoms. The quantitative estimate of drug-likeness (QED) is 0.637. The number of hydrogen-bond donors (Lipinski definition) is 1.